The van der Waals surface area contributed by atoms with Crippen molar-refractivity contribution >= 4 is 11.8 Å². The summed E-state index contributed by atoms with van der Waals surface area (Å²) in [6.07, 6.45) is 2.27. The quantitative estimate of drug-likeness (QED) is 0.851. The maximum atomic E-state index is 12.7. The molecule has 5 nitrogen and oxygen atoms in total. The van der Waals surface area contributed by atoms with E-state index in [1.807, 2.05) is 54.3 Å². The third kappa shape index (κ3) is 4.48. The van der Waals surface area contributed by atoms with Gasteiger partial charge < -0.3 is 15.0 Å². The lowest BCUT2D eigenvalue weighted by atomic mass is 10.0. The van der Waals surface area contributed by atoms with Crippen LogP contribution in [-0.4, -0.2) is 36.9 Å². The first-order valence-corrected chi connectivity index (χ1v) is 9.37. The number of hydrogen-bond acceptors (Lipinski definition) is 3. The van der Waals surface area contributed by atoms with Crippen molar-refractivity contribution in [3.05, 3.63) is 65.2 Å². The Morgan fingerprint density at radius 3 is 2.59 bits per heavy atom. The van der Waals surface area contributed by atoms with Crippen LogP contribution in [0.1, 0.15) is 46.8 Å². The molecule has 142 valence electrons. The van der Waals surface area contributed by atoms with E-state index in [-0.39, 0.29) is 17.9 Å². The highest BCUT2D eigenvalue weighted by Gasteiger charge is 2.29. The number of nitrogens with one attached hydrogen (secondary N) is 1. The topological polar surface area (TPSA) is 58.6 Å². The van der Waals surface area contributed by atoms with Crippen molar-refractivity contribution in [2.75, 3.05) is 20.2 Å². The number of nitrogens with zero attached hydrogens (tertiary/aromatic N) is 1. The number of likely N-dealkylation sites (tertiary alicyclic amines) is 1. The number of carbonyl (C=O) groups excluding carboxylic acids is 2. The molecule has 1 fully saturated rings. The molecule has 1 saturated heterocycles. The van der Waals surface area contributed by atoms with E-state index in [1.54, 1.807) is 13.2 Å². The molecule has 2 aromatic rings. The second-order valence-electron chi connectivity index (χ2n) is 6.84. The lowest BCUT2D eigenvalue weighted by Gasteiger charge is -2.25. The van der Waals surface area contributed by atoms with E-state index < -0.39 is 0 Å². The lowest BCUT2D eigenvalue weighted by molar-refractivity contribution is -0.132. The normalized spacial score (nSPS) is 16.2. The second-order valence-corrected chi connectivity index (χ2v) is 6.84. The maximum absolute atomic E-state index is 12.7. The van der Waals surface area contributed by atoms with Crippen molar-refractivity contribution < 1.29 is 14.3 Å². The number of benzene rings is 2. The van der Waals surface area contributed by atoms with Gasteiger partial charge in [0.05, 0.1) is 13.2 Å². The Hall–Kier alpha value is -2.82. The fourth-order valence-corrected chi connectivity index (χ4v) is 3.59. The number of aryl methyl sites for hydroxylation is 1. The highest BCUT2D eigenvalue weighted by molar-refractivity contribution is 5.95. The zero-order chi connectivity index (χ0) is 19.2. The number of hydrogen-bond donors (Lipinski definition) is 1. The molecule has 2 aromatic carbocycles. The Morgan fingerprint density at radius 1 is 1.15 bits per heavy atom. The van der Waals surface area contributed by atoms with Crippen LogP contribution in [0.15, 0.2) is 48.5 Å². The molecule has 5 heteroatoms. The molecule has 27 heavy (non-hydrogen) atoms. The van der Waals surface area contributed by atoms with E-state index in [0.29, 0.717) is 18.5 Å². The van der Waals surface area contributed by atoms with Crippen LogP contribution >= 0.6 is 0 Å². The first-order chi connectivity index (χ1) is 13.1. The minimum Gasteiger partial charge on any atom is -0.497 e. The molecule has 1 aliphatic rings. The van der Waals surface area contributed by atoms with Crippen LogP contribution in [0, 0.1) is 6.92 Å². The summed E-state index contributed by atoms with van der Waals surface area (Å²) < 4.78 is 5.21. The maximum Gasteiger partial charge on any atom is 0.251 e. The van der Waals surface area contributed by atoms with Gasteiger partial charge in [-0.1, -0.05) is 30.3 Å². The molecule has 0 bridgehead atoms. The SMILES string of the molecule is COc1ccc(C2CCCN2C(=O)CCNC(=O)c2ccccc2C)cc1. The van der Waals surface area contributed by atoms with Crippen molar-refractivity contribution in [1.82, 2.24) is 10.2 Å². The van der Waals surface area contributed by atoms with E-state index in [9.17, 15) is 9.59 Å². The van der Waals surface area contributed by atoms with Crippen molar-refractivity contribution in [3.63, 3.8) is 0 Å². The monoisotopic (exact) mass is 366 g/mol. The van der Waals surface area contributed by atoms with Gasteiger partial charge >= 0.3 is 0 Å². The van der Waals surface area contributed by atoms with Crippen LogP contribution in [0.5, 0.6) is 5.75 Å². The van der Waals surface area contributed by atoms with Gasteiger partial charge in [-0.3, -0.25) is 9.59 Å². The molecule has 1 atom stereocenters. The number of carbonyl (C=O) groups is 2. The zero-order valence-corrected chi connectivity index (χ0v) is 15.9. The van der Waals surface area contributed by atoms with Gasteiger partial charge in [0.1, 0.15) is 5.75 Å². The van der Waals surface area contributed by atoms with Gasteiger partial charge in [-0.25, -0.2) is 0 Å². The first-order valence-electron chi connectivity index (χ1n) is 9.37. The van der Waals surface area contributed by atoms with Crippen LogP contribution in [0.2, 0.25) is 0 Å². The Bertz CT molecular complexity index is 801. The highest BCUT2D eigenvalue weighted by atomic mass is 16.5. The lowest BCUT2D eigenvalue weighted by Crippen LogP contribution is -2.34. The number of rotatable bonds is 6. The van der Waals surface area contributed by atoms with Crippen LogP contribution in [0.4, 0.5) is 0 Å². The Balaban J connectivity index is 1.55. The average molecular weight is 366 g/mol. The van der Waals surface area contributed by atoms with Crippen molar-refractivity contribution in [2.45, 2.75) is 32.2 Å². The standard InChI is InChI=1S/C22H26N2O3/c1-16-6-3-4-7-19(16)22(26)23-14-13-21(25)24-15-5-8-20(24)17-9-11-18(27-2)12-10-17/h3-4,6-7,9-12,20H,5,8,13-15H2,1-2H3,(H,23,26). The molecule has 0 aromatic heterocycles. The van der Waals surface area contributed by atoms with Gasteiger partial charge in [0.25, 0.3) is 5.91 Å². The van der Waals surface area contributed by atoms with Gasteiger partial charge in [0.15, 0.2) is 0 Å². The van der Waals surface area contributed by atoms with Crippen LogP contribution < -0.4 is 10.1 Å². The van der Waals surface area contributed by atoms with Crippen molar-refractivity contribution in [3.8, 4) is 5.75 Å². The molecule has 1 heterocycles. The van der Waals surface area contributed by atoms with Crippen molar-refractivity contribution in [2.24, 2.45) is 0 Å². The summed E-state index contributed by atoms with van der Waals surface area (Å²) in [4.78, 5) is 26.9. The predicted octanol–water partition coefficient (Wildman–Crippen LogP) is 3.49. The Labute approximate surface area is 160 Å². The van der Waals surface area contributed by atoms with E-state index in [1.165, 1.54) is 0 Å². The molecular weight excluding hydrogens is 340 g/mol. The molecular formula is C22H26N2O3. The molecule has 2 amide bonds. The molecule has 0 radical (unpaired) electrons. The van der Waals surface area contributed by atoms with Crippen LogP contribution in [-0.2, 0) is 4.79 Å². The minimum atomic E-state index is -0.131. The third-order valence-corrected chi connectivity index (χ3v) is 5.09. The zero-order valence-electron chi connectivity index (χ0n) is 15.9. The van der Waals surface area contributed by atoms with Gasteiger partial charge in [-0.2, -0.15) is 0 Å². The van der Waals surface area contributed by atoms with Crippen LogP contribution in [0.3, 0.4) is 0 Å². The summed E-state index contributed by atoms with van der Waals surface area (Å²) >= 11 is 0. The summed E-state index contributed by atoms with van der Waals surface area (Å²) in [6, 6.07) is 15.5. The fourth-order valence-electron chi connectivity index (χ4n) is 3.59. The molecule has 3 rings (SSSR count). The number of methoxy groups -OCH3 is 1. The summed E-state index contributed by atoms with van der Waals surface area (Å²) in [7, 11) is 1.64. The number of amides is 2. The van der Waals surface area contributed by atoms with Crippen LogP contribution in [0.25, 0.3) is 0 Å². The fraction of sp³-hybridized carbons (Fsp3) is 0.364. The first kappa shape index (κ1) is 19.0. The third-order valence-electron chi connectivity index (χ3n) is 5.09. The Morgan fingerprint density at radius 2 is 1.89 bits per heavy atom. The van der Waals surface area contributed by atoms with Crippen molar-refractivity contribution in [1.29, 1.82) is 0 Å². The predicted molar refractivity (Wildman–Crippen MR) is 105 cm³/mol. The minimum absolute atomic E-state index is 0.0819. The highest BCUT2D eigenvalue weighted by Crippen LogP contribution is 2.33. The smallest absolute Gasteiger partial charge is 0.251 e. The summed E-state index contributed by atoms with van der Waals surface area (Å²) in [5, 5.41) is 2.86. The summed E-state index contributed by atoms with van der Waals surface area (Å²) in [6.45, 7) is 3.02. The molecule has 0 saturated carbocycles. The van der Waals surface area contributed by atoms with Gasteiger partial charge in [-0.05, 0) is 49.1 Å². The summed E-state index contributed by atoms with van der Waals surface area (Å²) in [5.74, 6) is 0.765. The molecule has 1 aliphatic heterocycles. The largest absolute Gasteiger partial charge is 0.497 e. The second kappa shape index (κ2) is 8.71. The van der Waals surface area contributed by atoms with Gasteiger partial charge in [-0.15, -0.1) is 0 Å². The van der Waals surface area contributed by atoms with Gasteiger partial charge in [0, 0.05) is 25.1 Å². The molecule has 1 N–H and O–H groups in total. The molecule has 0 spiro atoms. The number of ether oxygens (including phenoxy) is 1. The van der Waals surface area contributed by atoms with E-state index in [2.05, 4.69) is 5.32 Å². The van der Waals surface area contributed by atoms with E-state index >= 15 is 0 Å². The van der Waals surface area contributed by atoms with E-state index in [4.69, 9.17) is 4.74 Å². The van der Waals surface area contributed by atoms with Gasteiger partial charge in [0.2, 0.25) is 5.91 Å². The molecule has 1 unspecified atom stereocenters. The van der Waals surface area contributed by atoms with E-state index in [0.717, 1.165) is 36.3 Å². The average Bonchev–Trinajstić information content (AvgIpc) is 3.18. The molecule has 0 aliphatic carbocycles. The summed E-state index contributed by atoms with van der Waals surface area (Å²) in [5.41, 5.74) is 2.72. The Kier molecular flexibility index (Phi) is 6.12.